The maximum Gasteiger partial charge on any atom is 0.225 e. The van der Waals surface area contributed by atoms with Crippen LogP contribution < -0.4 is 15.8 Å². The first-order chi connectivity index (χ1) is 9.69. The van der Waals surface area contributed by atoms with Crippen molar-refractivity contribution in [2.75, 3.05) is 38.1 Å². The summed E-state index contributed by atoms with van der Waals surface area (Å²) in [5.41, 5.74) is 6.09. The number of benzene rings is 1. The van der Waals surface area contributed by atoms with E-state index in [2.05, 4.69) is 24.1 Å². The molecule has 0 aromatic heterocycles. The van der Waals surface area contributed by atoms with Crippen molar-refractivity contribution >= 4 is 24.0 Å². The zero-order valence-corrected chi connectivity index (χ0v) is 13.6. The average Bonchev–Trinajstić information content (AvgIpc) is 2.45. The molecule has 0 aliphatic rings. The monoisotopic (exact) mass is 315 g/mol. The Morgan fingerprint density at radius 3 is 2.38 bits per heavy atom. The molecule has 0 saturated carbocycles. The molecule has 0 spiro atoms. The molecule has 0 radical (unpaired) electrons. The first kappa shape index (κ1) is 19.7. The van der Waals surface area contributed by atoms with E-state index in [9.17, 15) is 4.79 Å². The highest BCUT2D eigenvalue weighted by molar-refractivity contribution is 5.90. The van der Waals surface area contributed by atoms with Crippen LogP contribution in [0, 0.1) is 0 Å². The molecule has 120 valence electrons. The van der Waals surface area contributed by atoms with Gasteiger partial charge in [-0.05, 0) is 37.4 Å². The number of anilines is 1. The van der Waals surface area contributed by atoms with Gasteiger partial charge in [0, 0.05) is 25.2 Å². The maximum absolute atomic E-state index is 11.4. The SMILES string of the molecule is CCN(CC)CCOc1ccc(NC(=O)CCN)cc1.Cl. The lowest BCUT2D eigenvalue weighted by Crippen LogP contribution is -2.27. The molecule has 0 unspecified atom stereocenters. The lowest BCUT2D eigenvalue weighted by molar-refractivity contribution is -0.116. The lowest BCUT2D eigenvalue weighted by atomic mass is 10.3. The number of halogens is 1. The number of carbonyl (C=O) groups is 1. The Labute approximate surface area is 133 Å². The number of likely N-dealkylation sites (N-methyl/N-ethyl adjacent to an activating group) is 1. The summed E-state index contributed by atoms with van der Waals surface area (Å²) in [6.07, 6.45) is 0.335. The van der Waals surface area contributed by atoms with Crippen LogP contribution in [0.25, 0.3) is 0 Å². The third-order valence-corrected chi connectivity index (χ3v) is 3.08. The van der Waals surface area contributed by atoms with Gasteiger partial charge in [0.2, 0.25) is 5.91 Å². The van der Waals surface area contributed by atoms with Crippen molar-refractivity contribution in [2.24, 2.45) is 5.73 Å². The molecule has 0 bridgehead atoms. The zero-order chi connectivity index (χ0) is 14.8. The van der Waals surface area contributed by atoms with E-state index < -0.39 is 0 Å². The normalized spacial score (nSPS) is 10.1. The number of ether oxygens (including phenoxy) is 1. The van der Waals surface area contributed by atoms with Crippen LogP contribution in [-0.2, 0) is 4.79 Å². The summed E-state index contributed by atoms with van der Waals surface area (Å²) < 4.78 is 5.67. The minimum absolute atomic E-state index is 0. The minimum atomic E-state index is -0.0669. The molecule has 21 heavy (non-hydrogen) atoms. The highest BCUT2D eigenvalue weighted by Gasteiger charge is 2.02. The van der Waals surface area contributed by atoms with Crippen molar-refractivity contribution in [1.29, 1.82) is 0 Å². The number of nitrogens with zero attached hydrogens (tertiary/aromatic N) is 1. The van der Waals surface area contributed by atoms with Gasteiger partial charge in [-0.15, -0.1) is 12.4 Å². The minimum Gasteiger partial charge on any atom is -0.492 e. The largest absolute Gasteiger partial charge is 0.492 e. The van der Waals surface area contributed by atoms with E-state index in [1.165, 1.54) is 0 Å². The third-order valence-electron chi connectivity index (χ3n) is 3.08. The fourth-order valence-electron chi connectivity index (χ4n) is 1.82. The van der Waals surface area contributed by atoms with Gasteiger partial charge in [-0.25, -0.2) is 0 Å². The van der Waals surface area contributed by atoms with Crippen LogP contribution in [0.4, 0.5) is 5.69 Å². The quantitative estimate of drug-likeness (QED) is 0.732. The van der Waals surface area contributed by atoms with Crippen LogP contribution in [0.5, 0.6) is 5.75 Å². The number of carbonyl (C=O) groups excluding carboxylic acids is 1. The highest BCUT2D eigenvalue weighted by Crippen LogP contribution is 2.15. The molecule has 1 aromatic rings. The number of hydrogen-bond acceptors (Lipinski definition) is 4. The van der Waals surface area contributed by atoms with Gasteiger partial charge >= 0.3 is 0 Å². The number of rotatable bonds is 9. The summed E-state index contributed by atoms with van der Waals surface area (Å²) >= 11 is 0. The number of nitrogens with two attached hydrogens (primary N) is 1. The van der Waals surface area contributed by atoms with E-state index >= 15 is 0 Å². The van der Waals surface area contributed by atoms with E-state index in [1.54, 1.807) is 0 Å². The molecule has 0 saturated heterocycles. The molecule has 0 heterocycles. The van der Waals surface area contributed by atoms with Crippen molar-refractivity contribution in [1.82, 2.24) is 4.90 Å². The fourth-order valence-corrected chi connectivity index (χ4v) is 1.82. The number of hydrogen-bond donors (Lipinski definition) is 2. The van der Waals surface area contributed by atoms with Crippen molar-refractivity contribution in [3.8, 4) is 5.75 Å². The van der Waals surface area contributed by atoms with Gasteiger partial charge in [-0.1, -0.05) is 13.8 Å². The number of nitrogens with one attached hydrogen (secondary N) is 1. The van der Waals surface area contributed by atoms with E-state index in [0.717, 1.165) is 31.1 Å². The fraction of sp³-hybridized carbons (Fsp3) is 0.533. The molecule has 6 heteroatoms. The van der Waals surface area contributed by atoms with E-state index in [4.69, 9.17) is 10.5 Å². The van der Waals surface area contributed by atoms with Gasteiger partial charge in [0.15, 0.2) is 0 Å². The van der Waals surface area contributed by atoms with Crippen molar-refractivity contribution < 1.29 is 9.53 Å². The summed E-state index contributed by atoms with van der Waals surface area (Å²) in [5.74, 6) is 0.747. The van der Waals surface area contributed by atoms with Gasteiger partial charge in [0.25, 0.3) is 0 Å². The van der Waals surface area contributed by atoms with E-state index in [1.807, 2.05) is 24.3 Å². The molecular formula is C15H26ClN3O2. The topological polar surface area (TPSA) is 67.6 Å². The summed E-state index contributed by atoms with van der Waals surface area (Å²) in [6, 6.07) is 7.39. The standard InChI is InChI=1S/C15H25N3O2.ClH/c1-3-18(4-2)11-12-20-14-7-5-13(6-8-14)17-15(19)9-10-16;/h5-8H,3-4,9-12,16H2,1-2H3,(H,17,19);1H. The smallest absolute Gasteiger partial charge is 0.225 e. The predicted octanol–water partition coefficient (Wildman–Crippen LogP) is 2.12. The highest BCUT2D eigenvalue weighted by atomic mass is 35.5. The second kappa shape index (κ2) is 11.4. The Kier molecular flexibility index (Phi) is 10.7. The van der Waals surface area contributed by atoms with Gasteiger partial charge in [-0.2, -0.15) is 0 Å². The van der Waals surface area contributed by atoms with Gasteiger partial charge < -0.3 is 20.7 Å². The van der Waals surface area contributed by atoms with Crippen molar-refractivity contribution in [3.63, 3.8) is 0 Å². The molecule has 5 nitrogen and oxygen atoms in total. The van der Waals surface area contributed by atoms with Crippen molar-refractivity contribution in [3.05, 3.63) is 24.3 Å². The van der Waals surface area contributed by atoms with E-state index in [-0.39, 0.29) is 18.3 Å². The molecule has 1 aromatic carbocycles. The Bertz CT molecular complexity index is 394. The molecule has 1 amide bonds. The first-order valence-electron chi connectivity index (χ1n) is 7.14. The van der Waals surface area contributed by atoms with Crippen LogP contribution in [0.1, 0.15) is 20.3 Å². The van der Waals surface area contributed by atoms with Crippen LogP contribution in [0.15, 0.2) is 24.3 Å². The van der Waals surface area contributed by atoms with Crippen molar-refractivity contribution in [2.45, 2.75) is 20.3 Å². The van der Waals surface area contributed by atoms with Crippen LogP contribution in [0.2, 0.25) is 0 Å². The first-order valence-corrected chi connectivity index (χ1v) is 7.14. The molecular weight excluding hydrogens is 290 g/mol. The Morgan fingerprint density at radius 1 is 1.24 bits per heavy atom. The summed E-state index contributed by atoms with van der Waals surface area (Å²) in [4.78, 5) is 13.7. The van der Waals surface area contributed by atoms with Crippen LogP contribution >= 0.6 is 12.4 Å². The van der Waals surface area contributed by atoms with Gasteiger partial charge in [0.05, 0.1) is 0 Å². The predicted molar refractivity (Wildman–Crippen MR) is 89.3 cm³/mol. The van der Waals surface area contributed by atoms with Crippen LogP contribution in [0.3, 0.4) is 0 Å². The van der Waals surface area contributed by atoms with Gasteiger partial charge in [0.1, 0.15) is 12.4 Å². The Balaban J connectivity index is 0.00000400. The molecule has 3 N–H and O–H groups in total. The molecule has 0 atom stereocenters. The maximum atomic E-state index is 11.4. The summed E-state index contributed by atoms with van der Waals surface area (Å²) in [7, 11) is 0. The molecule has 1 rings (SSSR count). The molecule has 0 aliphatic heterocycles. The van der Waals surface area contributed by atoms with Crippen LogP contribution in [-0.4, -0.2) is 43.6 Å². The van der Waals surface area contributed by atoms with Gasteiger partial charge in [-0.3, -0.25) is 4.79 Å². The number of amides is 1. The zero-order valence-electron chi connectivity index (χ0n) is 12.8. The second-order valence-electron chi connectivity index (χ2n) is 4.49. The molecule has 0 aliphatic carbocycles. The second-order valence-corrected chi connectivity index (χ2v) is 4.49. The average molecular weight is 316 g/mol. The molecule has 0 fully saturated rings. The summed E-state index contributed by atoms with van der Waals surface area (Å²) in [5, 5.41) is 2.78. The summed E-state index contributed by atoms with van der Waals surface area (Å²) in [6.45, 7) is 8.30. The third kappa shape index (κ3) is 7.90. The van der Waals surface area contributed by atoms with E-state index in [0.29, 0.717) is 19.6 Å². The lowest BCUT2D eigenvalue weighted by Gasteiger charge is -2.18. The Hall–Kier alpha value is -1.30. The Morgan fingerprint density at radius 2 is 1.86 bits per heavy atom.